The Morgan fingerprint density at radius 3 is 1.97 bits per heavy atom. The lowest BCUT2D eigenvalue weighted by Gasteiger charge is -2.12. The molecule has 10 heteroatoms. The van der Waals surface area contributed by atoms with Crippen LogP contribution in [0.5, 0.6) is 11.5 Å². The summed E-state index contributed by atoms with van der Waals surface area (Å²) in [5.74, 6) is -1.54. The van der Waals surface area contributed by atoms with Crippen LogP contribution < -0.4 is 11.5 Å². The number of esters is 2. The molecule has 0 radical (unpaired) electrons. The molecule has 0 bridgehead atoms. The highest BCUT2D eigenvalue weighted by Crippen LogP contribution is 2.24. The van der Waals surface area contributed by atoms with Crippen molar-refractivity contribution in [1.82, 2.24) is 9.97 Å². The summed E-state index contributed by atoms with van der Waals surface area (Å²) in [5.41, 5.74) is 14.3. The second-order valence-corrected chi connectivity index (χ2v) is 6.61. The second kappa shape index (κ2) is 10.5. The van der Waals surface area contributed by atoms with Crippen LogP contribution in [0.2, 0.25) is 0 Å². The van der Waals surface area contributed by atoms with Gasteiger partial charge in [0.05, 0.1) is 18.0 Å². The van der Waals surface area contributed by atoms with E-state index >= 15 is 0 Å². The Morgan fingerprint density at radius 2 is 1.40 bits per heavy atom. The highest BCUT2D eigenvalue weighted by Gasteiger charge is 2.16. The van der Waals surface area contributed by atoms with Crippen LogP contribution in [0.3, 0.4) is 0 Å². The highest BCUT2D eigenvalue weighted by molar-refractivity contribution is 5.91. The van der Waals surface area contributed by atoms with Crippen molar-refractivity contribution in [2.24, 2.45) is 11.5 Å². The smallest absolute Gasteiger partial charge is 0.317 e. The van der Waals surface area contributed by atoms with Gasteiger partial charge in [-0.2, -0.15) is 0 Å². The zero-order valence-electron chi connectivity index (χ0n) is 17.0. The minimum Gasteiger partial charge on any atom is -0.506 e. The molecule has 0 aliphatic rings. The van der Waals surface area contributed by atoms with E-state index in [1.165, 1.54) is 6.20 Å². The van der Waals surface area contributed by atoms with E-state index in [0.717, 1.165) is 0 Å². The Bertz CT molecular complexity index is 932. The molecule has 0 saturated heterocycles. The molecule has 30 heavy (non-hydrogen) atoms. The first-order valence-electron chi connectivity index (χ1n) is 9.32. The van der Waals surface area contributed by atoms with Crippen molar-refractivity contribution in [3.63, 3.8) is 0 Å². The van der Waals surface area contributed by atoms with Crippen molar-refractivity contribution < 1.29 is 29.3 Å². The van der Waals surface area contributed by atoms with E-state index in [4.69, 9.17) is 20.9 Å². The Kier molecular flexibility index (Phi) is 8.07. The molecule has 2 heterocycles. The summed E-state index contributed by atoms with van der Waals surface area (Å²) in [6.07, 6.45) is 2.76. The number of pyridine rings is 2. The lowest BCUT2D eigenvalue weighted by molar-refractivity contribution is -0.155. The summed E-state index contributed by atoms with van der Waals surface area (Å²) in [6.45, 7) is 3.29. The molecule has 10 nitrogen and oxygen atoms in total. The fourth-order valence-corrected chi connectivity index (χ4v) is 2.82. The molecule has 0 fully saturated rings. The fourth-order valence-electron chi connectivity index (χ4n) is 2.82. The van der Waals surface area contributed by atoms with Crippen molar-refractivity contribution >= 4 is 11.9 Å². The number of nitrogens with zero attached hydrogens (tertiary/aromatic N) is 2. The van der Waals surface area contributed by atoms with Gasteiger partial charge in [0, 0.05) is 48.6 Å². The monoisotopic (exact) mass is 418 g/mol. The van der Waals surface area contributed by atoms with Crippen LogP contribution in [-0.4, -0.2) is 38.7 Å². The largest absolute Gasteiger partial charge is 0.506 e. The van der Waals surface area contributed by atoms with E-state index in [-0.39, 0.29) is 37.8 Å². The zero-order chi connectivity index (χ0) is 22.3. The van der Waals surface area contributed by atoms with Crippen molar-refractivity contribution in [2.75, 3.05) is 6.61 Å². The quantitative estimate of drug-likeness (QED) is 0.334. The summed E-state index contributed by atoms with van der Waals surface area (Å²) in [4.78, 5) is 31.8. The summed E-state index contributed by atoms with van der Waals surface area (Å²) in [7, 11) is 0. The molecule has 0 amide bonds. The van der Waals surface area contributed by atoms with E-state index in [1.807, 2.05) is 0 Å². The van der Waals surface area contributed by atoms with Crippen LogP contribution >= 0.6 is 0 Å². The molecule has 2 aromatic heterocycles. The summed E-state index contributed by atoms with van der Waals surface area (Å²) >= 11 is 0. The van der Waals surface area contributed by atoms with Gasteiger partial charge in [-0.3, -0.25) is 19.6 Å². The standard InChI is InChI=1S/C20H26N4O6/c1-11-19(27)15(6-21)13(8-23-11)3-4-29-17(25)5-18(26)30-10-14-9-24-12(2)20(28)16(14)7-22/h8-9,27-28H,3-7,10,21-22H2,1-2H3. The number of aryl methyl sites for hydroxylation is 2. The number of hydrogen-bond donors (Lipinski definition) is 4. The van der Waals surface area contributed by atoms with Crippen LogP contribution in [0.1, 0.15) is 40.1 Å². The molecule has 0 aromatic carbocycles. The average molecular weight is 418 g/mol. The lowest BCUT2D eigenvalue weighted by atomic mass is 10.1. The van der Waals surface area contributed by atoms with Crippen LogP contribution in [0.15, 0.2) is 12.4 Å². The molecule has 6 N–H and O–H groups in total. The number of hydrogen-bond acceptors (Lipinski definition) is 10. The summed E-state index contributed by atoms with van der Waals surface area (Å²) in [6, 6.07) is 0. The first-order valence-corrected chi connectivity index (χ1v) is 9.32. The Labute approximate surface area is 173 Å². The number of aromatic hydroxyl groups is 2. The highest BCUT2D eigenvalue weighted by atomic mass is 16.6. The molecule has 0 atom stereocenters. The summed E-state index contributed by atoms with van der Waals surface area (Å²) in [5, 5.41) is 20.0. The SMILES string of the molecule is Cc1ncc(CCOC(=O)CC(=O)OCc2cnc(C)c(O)c2CN)c(CN)c1O. The number of rotatable bonds is 9. The molecule has 0 aliphatic heterocycles. The van der Waals surface area contributed by atoms with Crippen LogP contribution in [-0.2, 0) is 45.2 Å². The molecule has 162 valence electrons. The summed E-state index contributed by atoms with van der Waals surface area (Å²) < 4.78 is 10.1. The third kappa shape index (κ3) is 5.65. The molecule has 0 aliphatic carbocycles. The fraction of sp³-hybridized carbons (Fsp3) is 0.400. The van der Waals surface area contributed by atoms with E-state index in [0.29, 0.717) is 40.1 Å². The third-order valence-corrected chi connectivity index (χ3v) is 4.58. The second-order valence-electron chi connectivity index (χ2n) is 6.61. The lowest BCUT2D eigenvalue weighted by Crippen LogP contribution is -2.16. The van der Waals surface area contributed by atoms with Gasteiger partial charge >= 0.3 is 11.9 Å². The van der Waals surface area contributed by atoms with Gasteiger partial charge in [-0.25, -0.2) is 0 Å². The number of ether oxygens (including phenoxy) is 2. The van der Waals surface area contributed by atoms with Crippen molar-refractivity contribution in [3.8, 4) is 11.5 Å². The predicted octanol–water partition coefficient (Wildman–Crippen LogP) is 0.641. The van der Waals surface area contributed by atoms with Gasteiger partial charge in [-0.15, -0.1) is 0 Å². The predicted molar refractivity (Wildman–Crippen MR) is 106 cm³/mol. The van der Waals surface area contributed by atoms with E-state index in [9.17, 15) is 19.8 Å². The van der Waals surface area contributed by atoms with E-state index in [2.05, 4.69) is 9.97 Å². The molecule has 0 spiro atoms. The molecule has 2 aromatic rings. The van der Waals surface area contributed by atoms with Crippen LogP contribution in [0.25, 0.3) is 0 Å². The number of carbonyl (C=O) groups excluding carboxylic acids is 2. The van der Waals surface area contributed by atoms with Gasteiger partial charge in [-0.1, -0.05) is 0 Å². The number of carbonyl (C=O) groups is 2. The topological polar surface area (TPSA) is 171 Å². The Balaban J connectivity index is 1.83. The molecule has 0 unspecified atom stereocenters. The molecular formula is C20H26N4O6. The third-order valence-electron chi connectivity index (χ3n) is 4.58. The van der Waals surface area contributed by atoms with E-state index < -0.39 is 18.4 Å². The Morgan fingerprint density at radius 1 is 0.900 bits per heavy atom. The van der Waals surface area contributed by atoms with E-state index in [1.54, 1.807) is 20.0 Å². The number of nitrogens with two attached hydrogens (primary N) is 2. The number of aromatic nitrogens is 2. The van der Waals surface area contributed by atoms with Gasteiger partial charge in [0.2, 0.25) is 0 Å². The minimum atomic E-state index is -0.777. The normalized spacial score (nSPS) is 10.7. The van der Waals surface area contributed by atoms with Gasteiger partial charge in [0.1, 0.15) is 24.5 Å². The first kappa shape index (κ1) is 23.0. The van der Waals surface area contributed by atoms with Crippen molar-refractivity contribution in [2.45, 2.75) is 46.4 Å². The Hall–Kier alpha value is -3.24. The minimum absolute atomic E-state index is 0.00360. The van der Waals surface area contributed by atoms with Crippen molar-refractivity contribution in [3.05, 3.63) is 46.0 Å². The van der Waals surface area contributed by atoms with Crippen LogP contribution in [0, 0.1) is 13.8 Å². The molecular weight excluding hydrogens is 392 g/mol. The zero-order valence-corrected chi connectivity index (χ0v) is 17.0. The van der Waals surface area contributed by atoms with Gasteiger partial charge < -0.3 is 31.2 Å². The van der Waals surface area contributed by atoms with Gasteiger partial charge in [-0.05, 0) is 19.4 Å². The average Bonchev–Trinajstić information content (AvgIpc) is 2.71. The maximum Gasteiger partial charge on any atom is 0.317 e. The van der Waals surface area contributed by atoms with Gasteiger partial charge in [0.25, 0.3) is 0 Å². The first-order chi connectivity index (χ1) is 14.3. The van der Waals surface area contributed by atoms with Gasteiger partial charge in [0.15, 0.2) is 0 Å². The van der Waals surface area contributed by atoms with Crippen molar-refractivity contribution in [1.29, 1.82) is 0 Å². The maximum atomic E-state index is 11.9. The molecule has 0 saturated carbocycles. The molecule has 2 rings (SSSR count). The maximum absolute atomic E-state index is 11.9. The van der Waals surface area contributed by atoms with Crippen LogP contribution in [0.4, 0.5) is 0 Å².